The molecule has 0 bridgehead atoms. The van der Waals surface area contributed by atoms with E-state index >= 15 is 0 Å². The van der Waals surface area contributed by atoms with Crippen molar-refractivity contribution < 1.29 is 0 Å². The second-order valence-corrected chi connectivity index (χ2v) is 3.51. The fraction of sp³-hybridized carbons (Fsp3) is 0.100. The molecule has 0 atom stereocenters. The maximum atomic E-state index is 6.02. The van der Waals surface area contributed by atoms with E-state index in [1.807, 2.05) is 0 Å². The molecular formula is C10H10ClN5. The molecule has 2 heterocycles. The third-order valence-electron chi connectivity index (χ3n) is 2.05. The maximum Gasteiger partial charge on any atom is 0.222 e. The quantitative estimate of drug-likeness (QED) is 0.830. The number of halogens is 1. The molecule has 2 rings (SSSR count). The molecule has 0 unspecified atom stereocenters. The van der Waals surface area contributed by atoms with Crippen LogP contribution in [0.4, 0.5) is 11.8 Å². The van der Waals surface area contributed by atoms with Crippen LogP contribution in [-0.2, 0) is 0 Å². The molecule has 0 aliphatic heterocycles. The summed E-state index contributed by atoms with van der Waals surface area (Å²) in [6.07, 6.45) is 3.22. The number of hydrogen-bond donors (Lipinski definition) is 2. The molecule has 82 valence electrons. The minimum Gasteiger partial charge on any atom is -0.373 e. The van der Waals surface area contributed by atoms with E-state index in [1.54, 1.807) is 31.6 Å². The van der Waals surface area contributed by atoms with Gasteiger partial charge in [-0.05, 0) is 6.07 Å². The number of anilines is 2. The first-order valence-corrected chi connectivity index (χ1v) is 5.00. The van der Waals surface area contributed by atoms with Gasteiger partial charge in [0.05, 0.1) is 10.7 Å². The molecule has 0 saturated heterocycles. The maximum absolute atomic E-state index is 6.02. The molecule has 0 aromatic carbocycles. The van der Waals surface area contributed by atoms with E-state index in [2.05, 4.69) is 20.3 Å². The van der Waals surface area contributed by atoms with Gasteiger partial charge >= 0.3 is 0 Å². The van der Waals surface area contributed by atoms with Crippen LogP contribution >= 0.6 is 11.6 Å². The first-order valence-electron chi connectivity index (χ1n) is 4.63. The smallest absolute Gasteiger partial charge is 0.222 e. The highest BCUT2D eigenvalue weighted by Crippen LogP contribution is 2.26. The molecule has 3 N–H and O–H groups in total. The fourth-order valence-electron chi connectivity index (χ4n) is 1.31. The van der Waals surface area contributed by atoms with Crippen molar-refractivity contribution in [3.8, 4) is 11.3 Å². The summed E-state index contributed by atoms with van der Waals surface area (Å²) < 4.78 is 0. The van der Waals surface area contributed by atoms with E-state index in [0.29, 0.717) is 16.5 Å². The third-order valence-corrected chi connectivity index (χ3v) is 2.35. The minimum absolute atomic E-state index is 0.203. The Balaban J connectivity index is 2.56. The van der Waals surface area contributed by atoms with Crippen molar-refractivity contribution in [1.29, 1.82) is 0 Å². The van der Waals surface area contributed by atoms with Crippen LogP contribution in [0.1, 0.15) is 0 Å². The summed E-state index contributed by atoms with van der Waals surface area (Å²) in [7, 11) is 1.76. The predicted octanol–water partition coefficient (Wildman–Crippen LogP) is 1.82. The van der Waals surface area contributed by atoms with Crippen LogP contribution in [0, 0.1) is 0 Å². The SMILES string of the molecule is CNc1cc(-c2ccncc2Cl)nc(N)n1. The number of rotatable bonds is 2. The zero-order valence-corrected chi connectivity index (χ0v) is 9.36. The van der Waals surface area contributed by atoms with Gasteiger partial charge in [0.1, 0.15) is 5.82 Å². The van der Waals surface area contributed by atoms with Crippen LogP contribution in [-0.4, -0.2) is 22.0 Å². The molecule has 2 aromatic rings. The van der Waals surface area contributed by atoms with Crippen LogP contribution in [0.15, 0.2) is 24.5 Å². The summed E-state index contributed by atoms with van der Waals surface area (Å²) >= 11 is 6.02. The van der Waals surface area contributed by atoms with E-state index in [1.165, 1.54) is 0 Å². The lowest BCUT2D eigenvalue weighted by Gasteiger charge is -2.06. The summed E-state index contributed by atoms with van der Waals surface area (Å²) in [5.74, 6) is 0.852. The highest BCUT2D eigenvalue weighted by atomic mass is 35.5. The molecule has 6 heteroatoms. The van der Waals surface area contributed by atoms with E-state index in [0.717, 1.165) is 5.56 Å². The molecule has 0 radical (unpaired) electrons. The number of nitrogens with one attached hydrogen (secondary N) is 1. The van der Waals surface area contributed by atoms with Crippen LogP contribution in [0.25, 0.3) is 11.3 Å². The average Bonchev–Trinajstić information content (AvgIpc) is 2.28. The number of pyridine rings is 1. The zero-order chi connectivity index (χ0) is 11.5. The van der Waals surface area contributed by atoms with Gasteiger partial charge in [-0.3, -0.25) is 4.98 Å². The van der Waals surface area contributed by atoms with Crippen molar-refractivity contribution in [2.45, 2.75) is 0 Å². The number of nitrogens with zero attached hydrogens (tertiary/aromatic N) is 3. The van der Waals surface area contributed by atoms with Crippen molar-refractivity contribution in [3.63, 3.8) is 0 Å². The van der Waals surface area contributed by atoms with Crippen molar-refractivity contribution >= 4 is 23.4 Å². The highest BCUT2D eigenvalue weighted by Gasteiger charge is 2.07. The Morgan fingerprint density at radius 1 is 1.38 bits per heavy atom. The van der Waals surface area contributed by atoms with E-state index in [-0.39, 0.29) is 5.95 Å². The lowest BCUT2D eigenvalue weighted by molar-refractivity contribution is 1.18. The Labute approximate surface area is 97.7 Å². The molecule has 0 aliphatic rings. The first kappa shape index (κ1) is 10.6. The van der Waals surface area contributed by atoms with Gasteiger partial charge in [0, 0.05) is 31.1 Å². The van der Waals surface area contributed by atoms with E-state index in [9.17, 15) is 0 Å². The number of aromatic nitrogens is 3. The predicted molar refractivity (Wildman–Crippen MR) is 64.2 cm³/mol. The summed E-state index contributed by atoms with van der Waals surface area (Å²) in [4.78, 5) is 12.0. The first-order chi connectivity index (χ1) is 7.70. The van der Waals surface area contributed by atoms with Crippen LogP contribution < -0.4 is 11.1 Å². The summed E-state index contributed by atoms with van der Waals surface area (Å²) in [6.45, 7) is 0. The zero-order valence-electron chi connectivity index (χ0n) is 8.61. The molecule has 5 nitrogen and oxygen atoms in total. The average molecular weight is 236 g/mol. The van der Waals surface area contributed by atoms with Crippen LogP contribution in [0.3, 0.4) is 0 Å². The summed E-state index contributed by atoms with van der Waals surface area (Å²) in [6, 6.07) is 3.56. The van der Waals surface area contributed by atoms with Gasteiger partial charge in [0.25, 0.3) is 0 Å². The van der Waals surface area contributed by atoms with Crippen molar-refractivity contribution in [3.05, 3.63) is 29.5 Å². The summed E-state index contributed by atoms with van der Waals surface area (Å²) in [5, 5.41) is 3.44. The Hall–Kier alpha value is -1.88. The van der Waals surface area contributed by atoms with Crippen molar-refractivity contribution in [2.24, 2.45) is 0 Å². The lowest BCUT2D eigenvalue weighted by atomic mass is 10.2. The summed E-state index contributed by atoms with van der Waals surface area (Å²) in [5.41, 5.74) is 7.05. The van der Waals surface area contributed by atoms with E-state index < -0.39 is 0 Å². The van der Waals surface area contributed by atoms with Gasteiger partial charge in [0.15, 0.2) is 0 Å². The van der Waals surface area contributed by atoms with Gasteiger partial charge in [0.2, 0.25) is 5.95 Å². The Kier molecular flexibility index (Phi) is 2.87. The second kappa shape index (κ2) is 4.32. The second-order valence-electron chi connectivity index (χ2n) is 3.10. The molecule has 0 spiro atoms. The van der Waals surface area contributed by atoms with Crippen molar-refractivity contribution in [1.82, 2.24) is 15.0 Å². The topological polar surface area (TPSA) is 76.7 Å². The van der Waals surface area contributed by atoms with Crippen LogP contribution in [0.2, 0.25) is 5.02 Å². The molecular weight excluding hydrogens is 226 g/mol. The monoisotopic (exact) mass is 235 g/mol. The van der Waals surface area contributed by atoms with Gasteiger partial charge in [-0.15, -0.1) is 0 Å². The van der Waals surface area contributed by atoms with E-state index in [4.69, 9.17) is 17.3 Å². The number of nitrogen functional groups attached to an aromatic ring is 1. The fourth-order valence-corrected chi connectivity index (χ4v) is 1.53. The van der Waals surface area contributed by atoms with Crippen molar-refractivity contribution in [2.75, 3.05) is 18.1 Å². The third kappa shape index (κ3) is 2.04. The molecule has 0 saturated carbocycles. The number of hydrogen-bond acceptors (Lipinski definition) is 5. The molecule has 0 aliphatic carbocycles. The molecule has 0 fully saturated rings. The Bertz CT molecular complexity index is 514. The van der Waals surface area contributed by atoms with Gasteiger partial charge < -0.3 is 11.1 Å². The largest absolute Gasteiger partial charge is 0.373 e. The lowest BCUT2D eigenvalue weighted by Crippen LogP contribution is -2.01. The standard InChI is InChI=1S/C10H10ClN5/c1-13-9-4-8(15-10(12)16-9)6-2-3-14-5-7(6)11/h2-5H,1H3,(H3,12,13,15,16). The van der Waals surface area contributed by atoms with Crippen LogP contribution in [0.5, 0.6) is 0 Å². The van der Waals surface area contributed by atoms with Gasteiger partial charge in [-0.25, -0.2) is 4.98 Å². The Morgan fingerprint density at radius 2 is 2.19 bits per heavy atom. The highest BCUT2D eigenvalue weighted by molar-refractivity contribution is 6.33. The Morgan fingerprint density at radius 3 is 2.88 bits per heavy atom. The van der Waals surface area contributed by atoms with Gasteiger partial charge in [-0.1, -0.05) is 11.6 Å². The normalized spacial score (nSPS) is 10.1. The molecule has 0 amide bonds. The molecule has 16 heavy (non-hydrogen) atoms. The van der Waals surface area contributed by atoms with Gasteiger partial charge in [-0.2, -0.15) is 4.98 Å². The minimum atomic E-state index is 0.203. The number of nitrogens with two attached hydrogens (primary N) is 1. The molecule has 2 aromatic heterocycles.